The lowest BCUT2D eigenvalue weighted by molar-refractivity contribution is -0.276. The van der Waals surface area contributed by atoms with Crippen LogP contribution in [0.4, 0.5) is 0 Å². The summed E-state index contributed by atoms with van der Waals surface area (Å²) in [7, 11) is 0. The van der Waals surface area contributed by atoms with E-state index in [0.29, 0.717) is 26.1 Å². The van der Waals surface area contributed by atoms with E-state index in [4.69, 9.17) is 14.2 Å². The van der Waals surface area contributed by atoms with Crippen molar-refractivity contribution in [2.45, 2.75) is 116 Å². The number of esters is 1. The van der Waals surface area contributed by atoms with Gasteiger partial charge in [-0.25, -0.2) is 0 Å². The molecule has 2 aliphatic rings. The third kappa shape index (κ3) is 11.7. The second kappa shape index (κ2) is 18.8. The molecule has 53 heavy (non-hydrogen) atoms. The van der Waals surface area contributed by atoms with Crippen LogP contribution in [0.3, 0.4) is 0 Å². The van der Waals surface area contributed by atoms with Gasteiger partial charge in [-0.3, -0.25) is 19.3 Å². The minimum atomic E-state index is -0.623. The summed E-state index contributed by atoms with van der Waals surface area (Å²) in [6.45, 7) is 11.8. The van der Waals surface area contributed by atoms with E-state index in [-0.39, 0.29) is 48.6 Å². The van der Waals surface area contributed by atoms with Gasteiger partial charge in [0.2, 0.25) is 11.8 Å². The molecule has 10 heteroatoms. The molecule has 2 saturated heterocycles. The summed E-state index contributed by atoms with van der Waals surface area (Å²) in [6, 6.07) is 24.0. The van der Waals surface area contributed by atoms with Gasteiger partial charge in [0.25, 0.3) is 0 Å². The summed E-state index contributed by atoms with van der Waals surface area (Å²) < 4.78 is 19.2. The highest BCUT2D eigenvalue weighted by Crippen LogP contribution is 2.42. The van der Waals surface area contributed by atoms with Gasteiger partial charge in [-0.2, -0.15) is 0 Å². The van der Waals surface area contributed by atoms with Crippen molar-refractivity contribution in [3.05, 3.63) is 95.1 Å². The first kappa shape index (κ1) is 40.1. The van der Waals surface area contributed by atoms with Crippen molar-refractivity contribution in [3.63, 3.8) is 0 Å². The molecule has 10 nitrogen and oxygen atoms in total. The molecule has 3 aromatic carbocycles. The standard InChI is InChI=1S/C43H57N3O7/c1-29-38(27-46-24-10-13-37(46)41(50)53-43(3,4)5)51-42(52-40(29)34-17-15-31(28-47)16-18-34)35-21-19-33(20-22-35)36-12-9-11-32(25-36)26-45-39(49)14-7-6-8-23-44-30(2)48/h9,11-12,15-22,25,29,37-38,40,42,47H,6-8,10,13-14,23-24,26-28H2,1-5H3,(H,44,48)(H,45,49)/t29-,37-,38+,40+,42+/m0/s1. The molecule has 286 valence electrons. The molecule has 5 rings (SSSR count). The van der Waals surface area contributed by atoms with Crippen LogP contribution >= 0.6 is 0 Å². The van der Waals surface area contributed by atoms with E-state index in [0.717, 1.165) is 72.0 Å². The number of unbranched alkanes of at least 4 members (excludes halogenated alkanes) is 2. The van der Waals surface area contributed by atoms with E-state index < -0.39 is 11.9 Å². The molecule has 0 spiro atoms. The summed E-state index contributed by atoms with van der Waals surface area (Å²) in [6.07, 6.45) is 3.59. The van der Waals surface area contributed by atoms with E-state index in [2.05, 4.69) is 46.7 Å². The number of hydrogen-bond donors (Lipinski definition) is 3. The summed E-state index contributed by atoms with van der Waals surface area (Å²) in [5.74, 6) is -0.204. The Balaban J connectivity index is 1.25. The molecule has 2 heterocycles. The normalized spacial score (nSPS) is 22.0. The first-order chi connectivity index (χ1) is 25.4. The maximum atomic E-state index is 13.2. The summed E-state index contributed by atoms with van der Waals surface area (Å²) in [4.78, 5) is 38.8. The first-order valence-corrected chi connectivity index (χ1v) is 19.1. The van der Waals surface area contributed by atoms with Crippen molar-refractivity contribution < 1.29 is 33.7 Å². The quantitative estimate of drug-likeness (QED) is 0.116. The number of nitrogens with one attached hydrogen (secondary N) is 2. The molecule has 0 saturated carbocycles. The molecule has 2 fully saturated rings. The Kier molecular flexibility index (Phi) is 14.2. The number of benzene rings is 3. The lowest BCUT2D eigenvalue weighted by Crippen LogP contribution is -2.48. The molecule has 2 amide bonds. The Morgan fingerprint density at radius 1 is 0.887 bits per heavy atom. The second-order valence-corrected chi connectivity index (χ2v) is 15.4. The topological polar surface area (TPSA) is 126 Å². The van der Waals surface area contributed by atoms with Gasteiger partial charge in [-0.1, -0.05) is 80.1 Å². The molecule has 2 aliphatic heterocycles. The number of carbonyl (C=O) groups excluding carboxylic acids is 3. The van der Waals surface area contributed by atoms with Crippen molar-refractivity contribution in [1.29, 1.82) is 0 Å². The number of likely N-dealkylation sites (tertiary alicyclic amines) is 1. The molecular formula is C43H57N3O7. The van der Waals surface area contributed by atoms with Crippen LogP contribution in [0.25, 0.3) is 11.1 Å². The maximum absolute atomic E-state index is 13.2. The highest BCUT2D eigenvalue weighted by Gasteiger charge is 2.42. The van der Waals surface area contributed by atoms with Crippen molar-refractivity contribution in [2.24, 2.45) is 5.92 Å². The van der Waals surface area contributed by atoms with Gasteiger partial charge in [0.15, 0.2) is 6.29 Å². The molecule has 5 atom stereocenters. The van der Waals surface area contributed by atoms with E-state index in [1.54, 1.807) is 0 Å². The van der Waals surface area contributed by atoms with Gasteiger partial charge in [0, 0.05) is 44.5 Å². The van der Waals surface area contributed by atoms with Gasteiger partial charge >= 0.3 is 5.97 Å². The number of aliphatic hydroxyl groups is 1. The van der Waals surface area contributed by atoms with Crippen molar-refractivity contribution in [2.75, 3.05) is 19.6 Å². The van der Waals surface area contributed by atoms with Gasteiger partial charge in [0.05, 0.1) is 18.8 Å². The van der Waals surface area contributed by atoms with Gasteiger partial charge in [0.1, 0.15) is 11.6 Å². The Hall–Kier alpha value is -4.09. The predicted molar refractivity (Wildman–Crippen MR) is 204 cm³/mol. The molecule has 0 aromatic heterocycles. The zero-order valence-corrected chi connectivity index (χ0v) is 31.9. The van der Waals surface area contributed by atoms with Gasteiger partial charge in [-0.05, 0) is 86.9 Å². The van der Waals surface area contributed by atoms with Crippen molar-refractivity contribution >= 4 is 17.8 Å². The molecule has 0 unspecified atom stereocenters. The van der Waals surface area contributed by atoms with Crippen LogP contribution in [0, 0.1) is 5.92 Å². The molecule has 3 aromatic rings. The van der Waals surface area contributed by atoms with Crippen LogP contribution in [0.15, 0.2) is 72.8 Å². The Morgan fingerprint density at radius 3 is 2.32 bits per heavy atom. The smallest absolute Gasteiger partial charge is 0.323 e. The van der Waals surface area contributed by atoms with Crippen LogP contribution in [0.5, 0.6) is 0 Å². The van der Waals surface area contributed by atoms with E-state index in [1.807, 2.05) is 69.3 Å². The Morgan fingerprint density at radius 2 is 1.62 bits per heavy atom. The number of rotatable bonds is 15. The van der Waals surface area contributed by atoms with Crippen LogP contribution in [0.1, 0.15) is 108 Å². The number of aliphatic hydroxyl groups excluding tert-OH is 1. The van der Waals surface area contributed by atoms with Crippen LogP contribution < -0.4 is 10.6 Å². The van der Waals surface area contributed by atoms with E-state index in [9.17, 15) is 19.5 Å². The highest BCUT2D eigenvalue weighted by atomic mass is 16.7. The number of ether oxygens (including phenoxy) is 3. The first-order valence-electron chi connectivity index (χ1n) is 19.1. The van der Waals surface area contributed by atoms with E-state index >= 15 is 0 Å². The Bertz CT molecular complexity index is 1650. The average molecular weight is 728 g/mol. The van der Waals surface area contributed by atoms with Crippen LogP contribution in [-0.2, 0) is 41.7 Å². The zero-order chi connectivity index (χ0) is 38.0. The molecular weight excluding hydrogens is 670 g/mol. The molecule has 0 radical (unpaired) electrons. The fourth-order valence-corrected chi connectivity index (χ4v) is 7.07. The summed E-state index contributed by atoms with van der Waals surface area (Å²) in [5, 5.41) is 15.4. The molecule has 0 aliphatic carbocycles. The summed E-state index contributed by atoms with van der Waals surface area (Å²) >= 11 is 0. The average Bonchev–Trinajstić information content (AvgIpc) is 3.61. The summed E-state index contributed by atoms with van der Waals surface area (Å²) in [5.41, 5.74) is 5.30. The lowest BCUT2D eigenvalue weighted by Gasteiger charge is -2.43. The Labute approximate surface area is 314 Å². The van der Waals surface area contributed by atoms with Crippen molar-refractivity contribution in [1.82, 2.24) is 15.5 Å². The third-order valence-electron chi connectivity index (χ3n) is 9.97. The maximum Gasteiger partial charge on any atom is 0.323 e. The van der Waals surface area contributed by atoms with Crippen LogP contribution in [0.2, 0.25) is 0 Å². The number of amides is 2. The fourth-order valence-electron chi connectivity index (χ4n) is 7.07. The fraction of sp³-hybridized carbons (Fsp3) is 0.512. The largest absolute Gasteiger partial charge is 0.459 e. The SMILES string of the molecule is CC(=O)NCCCCCC(=O)NCc1cccc(-c2ccc([C@@H]3O[C@H](CN4CCC[C@H]4C(=O)OC(C)(C)C)[C@H](C)[C@H](c4ccc(CO)cc4)O3)cc2)c1. The monoisotopic (exact) mass is 727 g/mol. The van der Waals surface area contributed by atoms with Crippen LogP contribution in [-0.4, -0.2) is 65.2 Å². The minimum Gasteiger partial charge on any atom is -0.459 e. The molecule has 0 bridgehead atoms. The van der Waals surface area contributed by atoms with Gasteiger partial charge < -0.3 is 30.0 Å². The van der Waals surface area contributed by atoms with Crippen molar-refractivity contribution in [3.8, 4) is 11.1 Å². The number of carbonyl (C=O) groups is 3. The highest BCUT2D eigenvalue weighted by molar-refractivity contribution is 5.77. The molecule has 3 N–H and O–H groups in total. The number of hydrogen-bond acceptors (Lipinski definition) is 8. The second-order valence-electron chi connectivity index (χ2n) is 15.4. The number of nitrogens with zero attached hydrogens (tertiary/aromatic N) is 1. The predicted octanol–water partition coefficient (Wildman–Crippen LogP) is 6.76. The third-order valence-corrected chi connectivity index (χ3v) is 9.97. The van der Waals surface area contributed by atoms with Gasteiger partial charge in [-0.15, -0.1) is 0 Å². The van der Waals surface area contributed by atoms with E-state index in [1.165, 1.54) is 6.92 Å². The minimum absolute atomic E-state index is 0.0105. The zero-order valence-electron chi connectivity index (χ0n) is 31.9. The lowest BCUT2D eigenvalue weighted by atomic mass is 9.89.